The third-order valence-corrected chi connectivity index (χ3v) is 8.67. The molecule has 4 rings (SSSR count). The van der Waals surface area contributed by atoms with Crippen LogP contribution in [0.5, 0.6) is 0 Å². The molecule has 0 bridgehead atoms. The number of benzene rings is 2. The van der Waals surface area contributed by atoms with Gasteiger partial charge in [-0.25, -0.2) is 13.8 Å². The van der Waals surface area contributed by atoms with Gasteiger partial charge in [0.05, 0.1) is 5.71 Å². The topological polar surface area (TPSA) is 87.6 Å². The molecular formula is C25H27N3O3S2. The fraction of sp³-hybridized carbons (Fsp3) is 0.280. The molecule has 33 heavy (non-hydrogen) atoms. The zero-order valence-electron chi connectivity index (χ0n) is 18.5. The molecule has 1 saturated carbocycles. The lowest BCUT2D eigenvalue weighted by Crippen LogP contribution is -2.19. The minimum atomic E-state index is -3.62. The average molecular weight is 482 g/mol. The molecule has 6 nitrogen and oxygen atoms in total. The third kappa shape index (κ3) is 5.89. The summed E-state index contributed by atoms with van der Waals surface area (Å²) < 4.78 is 27.4. The number of carbonyl (C=O) groups is 1. The molecular weight excluding hydrogens is 454 g/mol. The van der Waals surface area contributed by atoms with E-state index in [0.717, 1.165) is 22.6 Å². The van der Waals surface area contributed by atoms with Gasteiger partial charge in [-0.1, -0.05) is 49.6 Å². The van der Waals surface area contributed by atoms with Crippen LogP contribution in [0.4, 0.5) is 5.69 Å². The first-order chi connectivity index (χ1) is 15.9. The molecule has 8 heteroatoms. The van der Waals surface area contributed by atoms with Gasteiger partial charge in [-0.15, -0.1) is 11.3 Å². The molecule has 172 valence electrons. The molecule has 1 fully saturated rings. The summed E-state index contributed by atoms with van der Waals surface area (Å²) in [6.45, 7) is 1.86. The van der Waals surface area contributed by atoms with Crippen molar-refractivity contribution in [2.45, 2.75) is 49.2 Å². The highest BCUT2D eigenvalue weighted by molar-refractivity contribution is 7.94. The van der Waals surface area contributed by atoms with Crippen LogP contribution in [0.25, 0.3) is 0 Å². The van der Waals surface area contributed by atoms with Gasteiger partial charge in [0.2, 0.25) is 0 Å². The molecule has 1 aromatic heterocycles. The maximum absolute atomic E-state index is 12.5. The van der Waals surface area contributed by atoms with Crippen molar-refractivity contribution < 1.29 is 13.2 Å². The van der Waals surface area contributed by atoms with E-state index >= 15 is 0 Å². The first-order valence-corrected chi connectivity index (χ1v) is 13.4. The predicted molar refractivity (Wildman–Crippen MR) is 134 cm³/mol. The minimum Gasteiger partial charge on any atom is -0.279 e. The molecule has 0 unspecified atom stereocenters. The van der Waals surface area contributed by atoms with Gasteiger partial charge in [0, 0.05) is 11.3 Å². The lowest BCUT2D eigenvalue weighted by atomic mass is 9.84. The summed E-state index contributed by atoms with van der Waals surface area (Å²) >= 11 is 1.14. The maximum atomic E-state index is 12.5. The first-order valence-electron chi connectivity index (χ1n) is 11.0. The summed E-state index contributed by atoms with van der Waals surface area (Å²) in [5.74, 6) is 0.295. The molecule has 1 heterocycles. The Hall–Kier alpha value is -2.97. The Balaban J connectivity index is 1.35. The molecule has 0 saturated heterocycles. The van der Waals surface area contributed by atoms with Crippen LogP contribution in [0, 0.1) is 0 Å². The van der Waals surface area contributed by atoms with Crippen molar-refractivity contribution in [3.8, 4) is 0 Å². The fourth-order valence-electron chi connectivity index (χ4n) is 4.01. The summed E-state index contributed by atoms with van der Waals surface area (Å²) in [6.07, 6.45) is 6.47. The third-order valence-electron chi connectivity index (χ3n) is 5.89. The number of sulfonamides is 1. The highest BCUT2D eigenvalue weighted by Gasteiger charge is 2.16. The van der Waals surface area contributed by atoms with E-state index < -0.39 is 10.0 Å². The maximum Gasteiger partial charge on any atom is 0.271 e. The molecule has 2 N–H and O–H groups in total. The van der Waals surface area contributed by atoms with Crippen LogP contribution in [0.1, 0.15) is 66.4 Å². The van der Waals surface area contributed by atoms with E-state index in [1.807, 2.05) is 6.92 Å². The highest BCUT2D eigenvalue weighted by atomic mass is 32.2. The number of nitrogens with one attached hydrogen (secondary N) is 2. The van der Waals surface area contributed by atoms with Crippen LogP contribution >= 0.6 is 11.3 Å². The second-order valence-electron chi connectivity index (χ2n) is 8.21. The van der Waals surface area contributed by atoms with Crippen molar-refractivity contribution in [3.63, 3.8) is 0 Å². The minimum absolute atomic E-state index is 0.237. The van der Waals surface area contributed by atoms with Crippen molar-refractivity contribution in [2.24, 2.45) is 5.10 Å². The summed E-state index contributed by atoms with van der Waals surface area (Å²) in [4.78, 5) is 12.5. The largest absolute Gasteiger partial charge is 0.279 e. The number of rotatable bonds is 7. The second kappa shape index (κ2) is 10.3. The number of hydrogen-bond donors (Lipinski definition) is 2. The van der Waals surface area contributed by atoms with Crippen molar-refractivity contribution in [2.75, 3.05) is 4.72 Å². The van der Waals surface area contributed by atoms with E-state index in [0.29, 0.717) is 17.2 Å². The van der Waals surface area contributed by atoms with E-state index in [9.17, 15) is 13.2 Å². The monoisotopic (exact) mass is 481 g/mol. The van der Waals surface area contributed by atoms with Crippen molar-refractivity contribution in [1.82, 2.24) is 5.43 Å². The van der Waals surface area contributed by atoms with Crippen LogP contribution in [0.2, 0.25) is 0 Å². The van der Waals surface area contributed by atoms with Gasteiger partial charge in [-0.2, -0.15) is 5.10 Å². The summed E-state index contributed by atoms with van der Waals surface area (Å²) in [5, 5.41) is 5.94. The summed E-state index contributed by atoms with van der Waals surface area (Å²) in [7, 11) is -3.62. The Labute approximate surface area is 198 Å². The smallest absolute Gasteiger partial charge is 0.271 e. The average Bonchev–Trinajstić information content (AvgIpc) is 3.40. The Morgan fingerprint density at radius 3 is 2.24 bits per heavy atom. The molecule has 1 amide bonds. The van der Waals surface area contributed by atoms with Gasteiger partial charge >= 0.3 is 0 Å². The van der Waals surface area contributed by atoms with E-state index in [4.69, 9.17) is 0 Å². The molecule has 0 radical (unpaired) electrons. The Morgan fingerprint density at radius 1 is 0.939 bits per heavy atom. The summed E-state index contributed by atoms with van der Waals surface area (Å²) in [6, 6.07) is 17.9. The number of hydrogen-bond acceptors (Lipinski definition) is 5. The zero-order chi connectivity index (χ0) is 23.3. The lowest BCUT2D eigenvalue weighted by Gasteiger charge is -2.22. The van der Waals surface area contributed by atoms with Crippen LogP contribution in [0.15, 0.2) is 75.4 Å². The molecule has 0 aliphatic heterocycles. The number of anilines is 1. The molecule has 0 atom stereocenters. The van der Waals surface area contributed by atoms with Crippen LogP contribution in [-0.4, -0.2) is 20.0 Å². The molecule has 2 aromatic carbocycles. The number of amides is 1. The van der Waals surface area contributed by atoms with Gasteiger partial charge in [0.1, 0.15) is 4.21 Å². The number of nitrogens with zero attached hydrogens (tertiary/aromatic N) is 1. The van der Waals surface area contributed by atoms with Gasteiger partial charge in [-0.05, 0) is 72.5 Å². The van der Waals surface area contributed by atoms with E-state index in [2.05, 4.69) is 39.5 Å². The number of hydrazone groups is 1. The van der Waals surface area contributed by atoms with E-state index in [-0.39, 0.29) is 10.1 Å². The number of carbonyl (C=O) groups excluding carboxylic acids is 1. The van der Waals surface area contributed by atoms with Crippen LogP contribution in [-0.2, 0) is 10.0 Å². The number of thiophene rings is 1. The van der Waals surface area contributed by atoms with Crippen molar-refractivity contribution >= 4 is 38.7 Å². The van der Waals surface area contributed by atoms with Crippen molar-refractivity contribution in [1.29, 1.82) is 0 Å². The predicted octanol–water partition coefficient (Wildman–Crippen LogP) is 5.75. The Bertz CT molecular complexity index is 1210. The van der Waals surface area contributed by atoms with E-state index in [1.165, 1.54) is 37.7 Å². The molecule has 1 aliphatic carbocycles. The van der Waals surface area contributed by atoms with Gasteiger partial charge < -0.3 is 0 Å². The second-order valence-corrected chi connectivity index (χ2v) is 11.1. The van der Waals surface area contributed by atoms with Gasteiger partial charge in [-0.3, -0.25) is 9.52 Å². The SMILES string of the molecule is CC(=NNC(=O)c1ccc(NS(=O)(=O)c2cccs2)cc1)c1ccc(C2CCCCC2)cc1. The normalized spacial score (nSPS) is 15.2. The first kappa shape index (κ1) is 23.2. The van der Waals surface area contributed by atoms with E-state index in [1.54, 1.807) is 41.8 Å². The lowest BCUT2D eigenvalue weighted by molar-refractivity contribution is 0.0955. The van der Waals surface area contributed by atoms with Gasteiger partial charge in [0.25, 0.3) is 15.9 Å². The fourth-order valence-corrected chi connectivity index (χ4v) is 6.06. The molecule has 0 spiro atoms. The van der Waals surface area contributed by atoms with Crippen LogP contribution in [0.3, 0.4) is 0 Å². The Kier molecular flexibility index (Phi) is 7.25. The quantitative estimate of drug-likeness (QED) is 0.333. The zero-order valence-corrected chi connectivity index (χ0v) is 20.1. The highest BCUT2D eigenvalue weighted by Crippen LogP contribution is 2.32. The molecule has 1 aliphatic rings. The summed E-state index contributed by atoms with van der Waals surface area (Å²) in [5.41, 5.74) is 6.42. The van der Waals surface area contributed by atoms with Crippen LogP contribution < -0.4 is 10.1 Å². The molecule has 3 aromatic rings. The standard InChI is InChI=1S/C25H27N3O3S2/c1-18(19-9-11-21(12-10-19)20-6-3-2-4-7-20)26-27-25(29)22-13-15-23(16-14-22)28-33(30,31)24-8-5-17-32-24/h5,8-17,20,28H,2-4,6-7H2,1H3,(H,27,29). The van der Waals surface area contributed by atoms with Gasteiger partial charge in [0.15, 0.2) is 0 Å². The van der Waals surface area contributed by atoms with Crippen molar-refractivity contribution in [3.05, 3.63) is 82.7 Å². The Morgan fingerprint density at radius 2 is 1.61 bits per heavy atom.